The Bertz CT molecular complexity index is 240. The van der Waals surface area contributed by atoms with E-state index in [0.717, 1.165) is 0 Å². The number of carbonyl (C=O) groups excluding carboxylic acids is 1. The van der Waals surface area contributed by atoms with Gasteiger partial charge in [-0.1, -0.05) is 6.92 Å². The van der Waals surface area contributed by atoms with Crippen LogP contribution in [0.2, 0.25) is 0 Å². The number of aromatic nitrogens is 1. The first-order chi connectivity index (χ1) is 4.74. The SMILES string of the molecule is CCC(=O)c1coc(C)n1. The number of nitrogens with zero attached hydrogens (tertiary/aromatic N) is 1. The van der Waals surface area contributed by atoms with E-state index >= 15 is 0 Å². The van der Waals surface area contributed by atoms with Crippen molar-refractivity contribution in [1.29, 1.82) is 0 Å². The molecule has 0 saturated carbocycles. The molecule has 0 fully saturated rings. The topological polar surface area (TPSA) is 43.1 Å². The maximum absolute atomic E-state index is 10.9. The Morgan fingerprint density at radius 3 is 2.90 bits per heavy atom. The fraction of sp³-hybridized carbons (Fsp3) is 0.429. The molecule has 0 atom stereocenters. The van der Waals surface area contributed by atoms with Crippen LogP contribution in [-0.4, -0.2) is 10.8 Å². The maximum Gasteiger partial charge on any atom is 0.191 e. The Kier molecular flexibility index (Phi) is 1.85. The van der Waals surface area contributed by atoms with E-state index in [4.69, 9.17) is 4.42 Å². The van der Waals surface area contributed by atoms with Crippen LogP contribution in [0.3, 0.4) is 0 Å². The first-order valence-electron chi connectivity index (χ1n) is 3.19. The first kappa shape index (κ1) is 6.99. The zero-order valence-corrected chi connectivity index (χ0v) is 6.05. The molecule has 1 heterocycles. The van der Waals surface area contributed by atoms with E-state index in [1.54, 1.807) is 13.8 Å². The summed E-state index contributed by atoms with van der Waals surface area (Å²) < 4.78 is 4.86. The molecule has 0 saturated heterocycles. The molecule has 0 aromatic carbocycles. The minimum Gasteiger partial charge on any atom is -0.449 e. The van der Waals surface area contributed by atoms with Crippen molar-refractivity contribution in [1.82, 2.24) is 4.98 Å². The molecule has 3 nitrogen and oxygen atoms in total. The molecule has 0 aliphatic heterocycles. The number of aryl methyl sites for hydroxylation is 1. The summed E-state index contributed by atoms with van der Waals surface area (Å²) in [5.74, 6) is 0.564. The highest BCUT2D eigenvalue weighted by Crippen LogP contribution is 2.02. The van der Waals surface area contributed by atoms with E-state index in [1.165, 1.54) is 6.26 Å². The van der Waals surface area contributed by atoms with Gasteiger partial charge in [-0.25, -0.2) is 4.98 Å². The molecular formula is C7H9NO2. The summed E-state index contributed by atoms with van der Waals surface area (Å²) in [4.78, 5) is 14.8. The standard InChI is InChI=1S/C7H9NO2/c1-3-7(9)6-4-10-5(2)8-6/h4H,3H2,1-2H3. The number of rotatable bonds is 2. The van der Waals surface area contributed by atoms with Gasteiger partial charge in [0.1, 0.15) is 12.0 Å². The molecule has 1 aromatic rings. The van der Waals surface area contributed by atoms with E-state index in [0.29, 0.717) is 18.0 Å². The molecule has 0 unspecified atom stereocenters. The summed E-state index contributed by atoms with van der Waals surface area (Å²) in [6.45, 7) is 3.51. The van der Waals surface area contributed by atoms with Crippen molar-refractivity contribution in [2.75, 3.05) is 0 Å². The Morgan fingerprint density at radius 1 is 1.80 bits per heavy atom. The summed E-state index contributed by atoms with van der Waals surface area (Å²) in [5.41, 5.74) is 0.431. The molecule has 0 aliphatic rings. The van der Waals surface area contributed by atoms with Crippen LogP contribution in [-0.2, 0) is 0 Å². The zero-order chi connectivity index (χ0) is 7.56. The highest BCUT2D eigenvalue weighted by molar-refractivity contribution is 5.93. The van der Waals surface area contributed by atoms with Gasteiger partial charge in [0, 0.05) is 13.3 Å². The smallest absolute Gasteiger partial charge is 0.191 e. The third-order valence-corrected chi connectivity index (χ3v) is 1.23. The zero-order valence-electron chi connectivity index (χ0n) is 6.05. The summed E-state index contributed by atoms with van der Waals surface area (Å²) in [7, 11) is 0. The molecule has 0 amide bonds. The summed E-state index contributed by atoms with van der Waals surface area (Å²) in [6.07, 6.45) is 1.87. The molecule has 1 rings (SSSR count). The molecule has 10 heavy (non-hydrogen) atoms. The second kappa shape index (κ2) is 2.64. The molecule has 1 aromatic heterocycles. The quantitative estimate of drug-likeness (QED) is 0.584. The van der Waals surface area contributed by atoms with Gasteiger partial charge in [0.25, 0.3) is 0 Å². The maximum atomic E-state index is 10.9. The predicted molar refractivity (Wildman–Crippen MR) is 35.9 cm³/mol. The number of carbonyl (C=O) groups is 1. The van der Waals surface area contributed by atoms with Crippen LogP contribution in [0.15, 0.2) is 10.7 Å². The number of Topliss-reactive ketones (excluding diaryl/α,β-unsaturated/α-hetero) is 1. The Balaban J connectivity index is 2.85. The minimum absolute atomic E-state index is 0.0249. The highest BCUT2D eigenvalue weighted by Gasteiger charge is 2.06. The Labute approximate surface area is 59.1 Å². The minimum atomic E-state index is 0.0249. The molecule has 0 aliphatic carbocycles. The van der Waals surface area contributed by atoms with Crippen LogP contribution in [0.5, 0.6) is 0 Å². The van der Waals surface area contributed by atoms with Crippen LogP contribution < -0.4 is 0 Å². The molecule has 3 heteroatoms. The van der Waals surface area contributed by atoms with E-state index in [2.05, 4.69) is 4.98 Å². The molecule has 54 valence electrons. The third kappa shape index (κ3) is 1.23. The lowest BCUT2D eigenvalue weighted by Gasteiger charge is -1.84. The molecular weight excluding hydrogens is 130 g/mol. The average Bonchev–Trinajstić information content (AvgIpc) is 2.34. The lowest BCUT2D eigenvalue weighted by atomic mass is 10.2. The Hall–Kier alpha value is -1.12. The van der Waals surface area contributed by atoms with Gasteiger partial charge in [0.05, 0.1) is 0 Å². The van der Waals surface area contributed by atoms with Crippen molar-refractivity contribution in [2.45, 2.75) is 20.3 Å². The fourth-order valence-electron chi connectivity index (χ4n) is 0.673. The van der Waals surface area contributed by atoms with Gasteiger partial charge in [-0.2, -0.15) is 0 Å². The van der Waals surface area contributed by atoms with Gasteiger partial charge in [-0.05, 0) is 0 Å². The number of ketones is 1. The normalized spacial score (nSPS) is 9.80. The van der Waals surface area contributed by atoms with Gasteiger partial charge in [-0.3, -0.25) is 4.79 Å². The summed E-state index contributed by atoms with van der Waals surface area (Å²) >= 11 is 0. The predicted octanol–water partition coefficient (Wildman–Crippen LogP) is 1.58. The largest absolute Gasteiger partial charge is 0.449 e. The van der Waals surface area contributed by atoms with Gasteiger partial charge in [0.2, 0.25) is 0 Å². The van der Waals surface area contributed by atoms with Crippen molar-refractivity contribution in [3.05, 3.63) is 17.8 Å². The van der Waals surface area contributed by atoms with Crippen LogP contribution in [0, 0.1) is 6.92 Å². The summed E-state index contributed by atoms with van der Waals surface area (Å²) in [6, 6.07) is 0. The van der Waals surface area contributed by atoms with Crippen LogP contribution in [0.4, 0.5) is 0 Å². The van der Waals surface area contributed by atoms with Crippen LogP contribution >= 0.6 is 0 Å². The Morgan fingerprint density at radius 2 is 2.50 bits per heavy atom. The second-order valence-corrected chi connectivity index (χ2v) is 2.03. The average molecular weight is 139 g/mol. The lowest BCUT2D eigenvalue weighted by Crippen LogP contribution is -1.95. The van der Waals surface area contributed by atoms with Crippen LogP contribution in [0.25, 0.3) is 0 Å². The van der Waals surface area contributed by atoms with Crippen molar-refractivity contribution < 1.29 is 9.21 Å². The lowest BCUT2D eigenvalue weighted by molar-refractivity contribution is 0.0983. The van der Waals surface area contributed by atoms with Crippen molar-refractivity contribution in [3.8, 4) is 0 Å². The number of hydrogen-bond acceptors (Lipinski definition) is 3. The molecule has 0 spiro atoms. The fourth-order valence-corrected chi connectivity index (χ4v) is 0.673. The first-order valence-corrected chi connectivity index (χ1v) is 3.19. The van der Waals surface area contributed by atoms with E-state index in [1.807, 2.05) is 0 Å². The second-order valence-electron chi connectivity index (χ2n) is 2.03. The van der Waals surface area contributed by atoms with E-state index < -0.39 is 0 Å². The van der Waals surface area contributed by atoms with E-state index in [9.17, 15) is 4.79 Å². The van der Waals surface area contributed by atoms with Crippen molar-refractivity contribution >= 4 is 5.78 Å². The van der Waals surface area contributed by atoms with Gasteiger partial charge in [0.15, 0.2) is 11.7 Å². The monoisotopic (exact) mass is 139 g/mol. The number of hydrogen-bond donors (Lipinski definition) is 0. The van der Waals surface area contributed by atoms with Gasteiger partial charge in [-0.15, -0.1) is 0 Å². The molecule has 0 radical (unpaired) electrons. The third-order valence-electron chi connectivity index (χ3n) is 1.23. The highest BCUT2D eigenvalue weighted by atomic mass is 16.3. The summed E-state index contributed by atoms with van der Waals surface area (Å²) in [5, 5.41) is 0. The van der Waals surface area contributed by atoms with Crippen LogP contribution in [0.1, 0.15) is 29.7 Å². The van der Waals surface area contributed by atoms with Crippen molar-refractivity contribution in [3.63, 3.8) is 0 Å². The van der Waals surface area contributed by atoms with Crippen molar-refractivity contribution in [2.24, 2.45) is 0 Å². The van der Waals surface area contributed by atoms with Gasteiger partial charge >= 0.3 is 0 Å². The van der Waals surface area contributed by atoms with E-state index in [-0.39, 0.29) is 5.78 Å². The molecule has 0 bridgehead atoms. The number of oxazole rings is 1. The van der Waals surface area contributed by atoms with Gasteiger partial charge < -0.3 is 4.42 Å². The molecule has 0 N–H and O–H groups in total.